The summed E-state index contributed by atoms with van der Waals surface area (Å²) in [6, 6.07) is 0.0514. The number of halogens is 1. The second kappa shape index (κ2) is 9.75. The van der Waals surface area contributed by atoms with E-state index in [1.165, 1.54) is 12.8 Å². The standard InChI is InChI=1S/C22H30ClN5O3S/c1-14-22(31-20(26-14)16-4-5-16)32-27-8-6-17(7-9-27)28-21(29)19(23)18(12-25-28)24-11-15-3-2-10-30-13-15/h12,15-17,24H,2-11,13H2,1H3. The van der Waals surface area contributed by atoms with Crippen molar-refractivity contribution in [2.45, 2.75) is 62.5 Å². The molecular weight excluding hydrogens is 450 g/mol. The molecule has 1 unspecified atom stereocenters. The lowest BCUT2D eigenvalue weighted by Crippen LogP contribution is -2.36. The summed E-state index contributed by atoms with van der Waals surface area (Å²) in [5.41, 5.74) is 1.35. The first-order chi connectivity index (χ1) is 15.6. The zero-order valence-electron chi connectivity index (χ0n) is 18.4. The van der Waals surface area contributed by atoms with Crippen LogP contribution in [-0.4, -0.2) is 51.9 Å². The second-order valence-electron chi connectivity index (χ2n) is 9.04. The molecule has 0 spiro atoms. The van der Waals surface area contributed by atoms with Crippen LogP contribution in [0.3, 0.4) is 0 Å². The van der Waals surface area contributed by atoms with Crippen LogP contribution < -0.4 is 10.9 Å². The molecule has 2 saturated heterocycles. The summed E-state index contributed by atoms with van der Waals surface area (Å²) in [5.74, 6) is 1.84. The predicted octanol–water partition coefficient (Wildman–Crippen LogP) is 4.25. The van der Waals surface area contributed by atoms with Crippen LogP contribution in [0.1, 0.15) is 62.1 Å². The lowest BCUT2D eigenvalue weighted by Gasteiger charge is -2.30. The number of nitrogens with zero attached hydrogens (tertiary/aromatic N) is 4. The van der Waals surface area contributed by atoms with E-state index in [0.29, 0.717) is 17.5 Å². The van der Waals surface area contributed by atoms with Gasteiger partial charge in [0, 0.05) is 32.2 Å². The zero-order valence-corrected chi connectivity index (χ0v) is 20.0. The molecule has 3 aliphatic rings. The summed E-state index contributed by atoms with van der Waals surface area (Å²) in [6.07, 6.45) is 7.93. The Hall–Kier alpha value is -1.55. The van der Waals surface area contributed by atoms with Gasteiger partial charge in [0.1, 0.15) is 5.02 Å². The molecule has 2 aliphatic heterocycles. The molecule has 0 radical (unpaired) electrons. The van der Waals surface area contributed by atoms with E-state index >= 15 is 0 Å². The minimum atomic E-state index is -0.220. The highest BCUT2D eigenvalue weighted by Gasteiger charge is 2.31. The second-order valence-corrected chi connectivity index (χ2v) is 10.5. The minimum absolute atomic E-state index is 0.0514. The first-order valence-corrected chi connectivity index (χ1v) is 12.7. The van der Waals surface area contributed by atoms with E-state index in [1.807, 2.05) is 6.92 Å². The number of piperidine rings is 1. The van der Waals surface area contributed by atoms with E-state index < -0.39 is 0 Å². The van der Waals surface area contributed by atoms with Gasteiger partial charge in [0.15, 0.2) is 11.0 Å². The fraction of sp³-hybridized carbons (Fsp3) is 0.682. The number of hydrogen-bond acceptors (Lipinski definition) is 8. The Morgan fingerprint density at radius 1 is 1.25 bits per heavy atom. The van der Waals surface area contributed by atoms with Crippen molar-refractivity contribution in [3.63, 3.8) is 0 Å². The maximum atomic E-state index is 12.9. The fourth-order valence-electron chi connectivity index (χ4n) is 4.34. The number of anilines is 1. The molecule has 2 aromatic heterocycles. The lowest BCUT2D eigenvalue weighted by atomic mass is 10.0. The van der Waals surface area contributed by atoms with E-state index in [-0.39, 0.29) is 16.6 Å². The molecule has 1 aliphatic carbocycles. The molecule has 1 atom stereocenters. The Morgan fingerprint density at radius 3 is 2.78 bits per heavy atom. The third-order valence-electron chi connectivity index (χ3n) is 6.46. The van der Waals surface area contributed by atoms with E-state index in [2.05, 4.69) is 19.7 Å². The topological polar surface area (TPSA) is 85.4 Å². The van der Waals surface area contributed by atoms with Crippen molar-refractivity contribution < 1.29 is 9.15 Å². The van der Waals surface area contributed by atoms with Gasteiger partial charge in [0.05, 0.1) is 30.2 Å². The van der Waals surface area contributed by atoms with Gasteiger partial charge in [-0.1, -0.05) is 11.6 Å². The smallest absolute Gasteiger partial charge is 0.287 e. The van der Waals surface area contributed by atoms with Crippen LogP contribution in [0, 0.1) is 12.8 Å². The Labute approximate surface area is 197 Å². The SMILES string of the molecule is Cc1nc(C2CC2)oc1SN1CCC(n2ncc(NCC3CCCOC3)c(Cl)c2=O)CC1. The number of hydrogen-bond donors (Lipinski definition) is 1. The third-order valence-corrected chi connectivity index (χ3v) is 7.99. The summed E-state index contributed by atoms with van der Waals surface area (Å²) >= 11 is 8.06. The van der Waals surface area contributed by atoms with Crippen LogP contribution in [-0.2, 0) is 4.74 Å². The monoisotopic (exact) mass is 479 g/mol. The number of ether oxygens (including phenoxy) is 1. The van der Waals surface area contributed by atoms with Gasteiger partial charge in [-0.25, -0.2) is 14.0 Å². The normalized spacial score (nSPS) is 22.9. The molecule has 0 amide bonds. The quantitative estimate of drug-likeness (QED) is 0.590. The zero-order chi connectivity index (χ0) is 22.1. The van der Waals surface area contributed by atoms with Gasteiger partial charge < -0.3 is 14.5 Å². The number of aryl methyl sites for hydroxylation is 1. The van der Waals surface area contributed by atoms with Crippen molar-refractivity contribution in [2.75, 3.05) is 38.2 Å². The molecule has 0 aromatic carbocycles. The summed E-state index contributed by atoms with van der Waals surface area (Å²) in [5, 5.41) is 8.86. The maximum Gasteiger partial charge on any atom is 0.287 e. The third kappa shape index (κ3) is 5.00. The molecule has 1 saturated carbocycles. The highest BCUT2D eigenvalue weighted by atomic mass is 35.5. The summed E-state index contributed by atoms with van der Waals surface area (Å²) in [4.78, 5) is 17.5. The van der Waals surface area contributed by atoms with E-state index in [9.17, 15) is 4.79 Å². The maximum absolute atomic E-state index is 12.9. The van der Waals surface area contributed by atoms with E-state index in [1.54, 1.807) is 22.8 Å². The molecule has 2 aromatic rings. The molecule has 5 rings (SSSR count). The Kier molecular flexibility index (Phi) is 6.78. The van der Waals surface area contributed by atoms with Crippen molar-refractivity contribution in [1.29, 1.82) is 0 Å². The Morgan fingerprint density at radius 2 is 2.06 bits per heavy atom. The van der Waals surface area contributed by atoms with Crippen LogP contribution in [0.4, 0.5) is 5.69 Å². The number of nitrogens with one attached hydrogen (secondary N) is 1. The minimum Gasteiger partial charge on any atom is -0.433 e. The van der Waals surface area contributed by atoms with Crippen LogP contribution in [0.15, 0.2) is 20.5 Å². The van der Waals surface area contributed by atoms with Crippen LogP contribution >= 0.6 is 23.5 Å². The fourth-order valence-corrected chi connectivity index (χ4v) is 5.47. The summed E-state index contributed by atoms with van der Waals surface area (Å²) in [6.45, 7) is 6.03. The summed E-state index contributed by atoms with van der Waals surface area (Å²) in [7, 11) is 0. The van der Waals surface area contributed by atoms with Gasteiger partial charge in [0.25, 0.3) is 5.56 Å². The molecule has 4 heterocycles. The molecule has 10 heteroatoms. The van der Waals surface area contributed by atoms with Crippen LogP contribution in [0.5, 0.6) is 0 Å². The van der Waals surface area contributed by atoms with Gasteiger partial charge >= 0.3 is 0 Å². The number of aromatic nitrogens is 3. The first-order valence-electron chi connectivity index (χ1n) is 11.6. The largest absolute Gasteiger partial charge is 0.433 e. The average molecular weight is 480 g/mol. The average Bonchev–Trinajstić information content (AvgIpc) is 3.60. The highest BCUT2D eigenvalue weighted by molar-refractivity contribution is 7.96. The van der Waals surface area contributed by atoms with Crippen LogP contribution in [0.2, 0.25) is 5.02 Å². The van der Waals surface area contributed by atoms with Crippen molar-refractivity contribution in [2.24, 2.45) is 5.92 Å². The molecule has 32 heavy (non-hydrogen) atoms. The van der Waals surface area contributed by atoms with Gasteiger partial charge in [-0.3, -0.25) is 4.79 Å². The number of rotatable bonds is 7. The van der Waals surface area contributed by atoms with Crippen molar-refractivity contribution >= 4 is 29.2 Å². The molecular formula is C22H30ClN5O3S. The van der Waals surface area contributed by atoms with Gasteiger partial charge in [-0.05, 0) is 63.3 Å². The van der Waals surface area contributed by atoms with Crippen molar-refractivity contribution in [3.05, 3.63) is 33.2 Å². The van der Waals surface area contributed by atoms with E-state index in [0.717, 1.165) is 75.2 Å². The Bertz CT molecular complexity index is 994. The number of oxazole rings is 1. The Balaban J connectivity index is 1.17. The predicted molar refractivity (Wildman–Crippen MR) is 124 cm³/mol. The molecule has 0 bridgehead atoms. The molecule has 1 N–H and O–H groups in total. The summed E-state index contributed by atoms with van der Waals surface area (Å²) < 4.78 is 15.3. The first kappa shape index (κ1) is 22.3. The molecule has 3 fully saturated rings. The highest BCUT2D eigenvalue weighted by Crippen LogP contribution is 2.42. The molecule has 8 nitrogen and oxygen atoms in total. The van der Waals surface area contributed by atoms with Gasteiger partial charge in [-0.15, -0.1) is 0 Å². The van der Waals surface area contributed by atoms with Gasteiger partial charge in [0.2, 0.25) is 0 Å². The van der Waals surface area contributed by atoms with Crippen molar-refractivity contribution in [1.82, 2.24) is 19.1 Å². The van der Waals surface area contributed by atoms with Crippen molar-refractivity contribution in [3.8, 4) is 0 Å². The van der Waals surface area contributed by atoms with Gasteiger partial charge in [-0.2, -0.15) is 5.10 Å². The van der Waals surface area contributed by atoms with E-state index in [4.69, 9.17) is 20.8 Å². The molecule has 174 valence electrons. The van der Waals surface area contributed by atoms with Crippen LogP contribution in [0.25, 0.3) is 0 Å². The lowest BCUT2D eigenvalue weighted by molar-refractivity contribution is 0.0595.